The summed E-state index contributed by atoms with van der Waals surface area (Å²) in [5, 5.41) is 9.15. The molecule has 0 amide bonds. The lowest BCUT2D eigenvalue weighted by molar-refractivity contribution is 0.184. The van der Waals surface area contributed by atoms with E-state index >= 15 is 0 Å². The molecule has 0 bridgehead atoms. The van der Waals surface area contributed by atoms with Crippen molar-refractivity contribution in [3.05, 3.63) is 71.8 Å². The predicted molar refractivity (Wildman–Crippen MR) is 90.0 cm³/mol. The van der Waals surface area contributed by atoms with E-state index in [0.29, 0.717) is 6.54 Å². The molecule has 0 aliphatic carbocycles. The van der Waals surface area contributed by atoms with Gasteiger partial charge in [0.25, 0.3) is 0 Å². The summed E-state index contributed by atoms with van der Waals surface area (Å²) in [5.74, 6) is 0. The topological polar surface area (TPSA) is 23.5 Å². The average Bonchev–Trinajstić information content (AvgIpc) is 2.50. The van der Waals surface area contributed by atoms with Gasteiger partial charge < -0.3 is 5.11 Å². The highest BCUT2D eigenvalue weighted by atomic mass is 16.3. The minimum absolute atomic E-state index is 0.194. The minimum Gasteiger partial charge on any atom is -0.395 e. The van der Waals surface area contributed by atoms with Crippen molar-refractivity contribution < 1.29 is 5.11 Å². The first-order chi connectivity index (χ1) is 10.3. The molecule has 2 aromatic rings. The second-order valence-corrected chi connectivity index (χ2v) is 5.11. The Kier molecular flexibility index (Phi) is 9.18. The Balaban J connectivity index is 0.000000677. The molecule has 114 valence electrons. The molecule has 0 aliphatic rings. The molecular weight excluding hydrogens is 258 g/mol. The Morgan fingerprint density at radius 3 is 1.48 bits per heavy atom. The van der Waals surface area contributed by atoms with Crippen LogP contribution in [0.2, 0.25) is 0 Å². The summed E-state index contributed by atoms with van der Waals surface area (Å²) in [5.41, 5.74) is 2.56. The number of benzene rings is 2. The highest BCUT2D eigenvalue weighted by Crippen LogP contribution is 2.09. The summed E-state index contributed by atoms with van der Waals surface area (Å²) in [6.07, 6.45) is 1.25. The number of aliphatic hydroxyl groups is 1. The van der Waals surface area contributed by atoms with E-state index in [9.17, 15) is 0 Å². The fourth-order valence-corrected chi connectivity index (χ4v) is 2.04. The van der Waals surface area contributed by atoms with Crippen molar-refractivity contribution in [1.82, 2.24) is 4.90 Å². The summed E-state index contributed by atoms with van der Waals surface area (Å²) in [4.78, 5) is 2.25. The first-order valence-electron chi connectivity index (χ1n) is 7.71. The van der Waals surface area contributed by atoms with Gasteiger partial charge in [-0.15, -0.1) is 0 Å². The largest absolute Gasteiger partial charge is 0.395 e. The Bertz CT molecular complexity index is 414. The van der Waals surface area contributed by atoms with Crippen LogP contribution in [0, 0.1) is 0 Å². The Hall–Kier alpha value is -1.64. The van der Waals surface area contributed by atoms with E-state index < -0.39 is 0 Å². The van der Waals surface area contributed by atoms with Gasteiger partial charge in [-0.3, -0.25) is 4.90 Å². The van der Waals surface area contributed by atoms with Gasteiger partial charge in [0.1, 0.15) is 0 Å². The van der Waals surface area contributed by atoms with Gasteiger partial charge in [-0.1, -0.05) is 80.9 Å². The van der Waals surface area contributed by atoms with Crippen LogP contribution in [0.5, 0.6) is 0 Å². The predicted octanol–water partition coefficient (Wildman–Crippen LogP) is 4.10. The van der Waals surface area contributed by atoms with Crippen LogP contribution in [0.4, 0.5) is 0 Å². The molecule has 2 heteroatoms. The SMILES string of the molecule is CCC.OCCN(Cc1ccccc1)Cc1ccccc1. The van der Waals surface area contributed by atoms with Crippen LogP contribution in [-0.2, 0) is 13.1 Å². The maximum atomic E-state index is 9.15. The van der Waals surface area contributed by atoms with Crippen molar-refractivity contribution in [3.63, 3.8) is 0 Å². The first-order valence-corrected chi connectivity index (χ1v) is 7.71. The summed E-state index contributed by atoms with van der Waals surface area (Å²) in [6, 6.07) is 20.7. The van der Waals surface area contributed by atoms with E-state index in [0.717, 1.165) is 13.1 Å². The molecular formula is C19H27NO. The van der Waals surface area contributed by atoms with Gasteiger partial charge in [0.15, 0.2) is 0 Å². The van der Waals surface area contributed by atoms with E-state index in [2.05, 4.69) is 67.3 Å². The molecule has 0 spiro atoms. The first kappa shape index (κ1) is 17.4. The van der Waals surface area contributed by atoms with Crippen LogP contribution >= 0.6 is 0 Å². The van der Waals surface area contributed by atoms with Crippen LogP contribution in [-0.4, -0.2) is 23.2 Å². The van der Waals surface area contributed by atoms with Crippen molar-refractivity contribution in [2.45, 2.75) is 33.4 Å². The molecule has 0 radical (unpaired) electrons. The maximum Gasteiger partial charge on any atom is 0.0558 e. The molecule has 0 aliphatic heterocycles. The molecule has 2 aromatic carbocycles. The van der Waals surface area contributed by atoms with Gasteiger partial charge in [-0.05, 0) is 11.1 Å². The van der Waals surface area contributed by atoms with Crippen molar-refractivity contribution in [2.24, 2.45) is 0 Å². The summed E-state index contributed by atoms with van der Waals surface area (Å²) >= 11 is 0. The second kappa shape index (κ2) is 11.1. The van der Waals surface area contributed by atoms with Crippen LogP contribution in [0.15, 0.2) is 60.7 Å². The molecule has 0 saturated heterocycles. The monoisotopic (exact) mass is 285 g/mol. The summed E-state index contributed by atoms with van der Waals surface area (Å²) < 4.78 is 0. The normalized spacial score (nSPS) is 10.1. The van der Waals surface area contributed by atoms with Crippen LogP contribution in [0.3, 0.4) is 0 Å². The number of aliphatic hydroxyl groups excluding tert-OH is 1. The molecule has 0 atom stereocenters. The van der Waals surface area contributed by atoms with Crippen LogP contribution < -0.4 is 0 Å². The van der Waals surface area contributed by atoms with Gasteiger partial charge in [-0.2, -0.15) is 0 Å². The number of nitrogens with zero attached hydrogens (tertiary/aromatic N) is 1. The standard InChI is InChI=1S/C16H19NO.C3H8/c18-12-11-17(13-15-7-3-1-4-8-15)14-16-9-5-2-6-10-16;1-3-2/h1-10,18H,11-14H2;3H2,1-2H3. The number of rotatable bonds is 6. The Labute approximate surface area is 129 Å². The molecule has 0 heterocycles. The highest BCUT2D eigenvalue weighted by Gasteiger charge is 2.06. The van der Waals surface area contributed by atoms with Gasteiger partial charge in [0.2, 0.25) is 0 Å². The van der Waals surface area contributed by atoms with Gasteiger partial charge in [0.05, 0.1) is 6.61 Å². The Morgan fingerprint density at radius 1 is 0.762 bits per heavy atom. The minimum atomic E-state index is 0.194. The van der Waals surface area contributed by atoms with Gasteiger partial charge >= 0.3 is 0 Å². The third-order valence-corrected chi connectivity index (χ3v) is 2.91. The van der Waals surface area contributed by atoms with Crippen molar-refractivity contribution in [3.8, 4) is 0 Å². The van der Waals surface area contributed by atoms with Crippen molar-refractivity contribution in [2.75, 3.05) is 13.2 Å². The lowest BCUT2D eigenvalue weighted by atomic mass is 10.1. The summed E-state index contributed by atoms with van der Waals surface area (Å²) in [7, 11) is 0. The zero-order valence-corrected chi connectivity index (χ0v) is 13.2. The highest BCUT2D eigenvalue weighted by molar-refractivity contribution is 5.17. The molecule has 1 N–H and O–H groups in total. The zero-order valence-electron chi connectivity index (χ0n) is 13.2. The van der Waals surface area contributed by atoms with E-state index in [1.807, 2.05) is 12.1 Å². The molecule has 2 rings (SSSR count). The fourth-order valence-electron chi connectivity index (χ4n) is 2.04. The van der Waals surface area contributed by atoms with Gasteiger partial charge in [0, 0.05) is 19.6 Å². The van der Waals surface area contributed by atoms with Crippen molar-refractivity contribution in [1.29, 1.82) is 0 Å². The molecule has 0 saturated carbocycles. The second-order valence-electron chi connectivity index (χ2n) is 5.11. The molecule has 21 heavy (non-hydrogen) atoms. The molecule has 0 aromatic heterocycles. The number of hydrogen-bond donors (Lipinski definition) is 1. The van der Waals surface area contributed by atoms with E-state index in [1.165, 1.54) is 17.5 Å². The third-order valence-electron chi connectivity index (χ3n) is 2.91. The van der Waals surface area contributed by atoms with E-state index in [1.54, 1.807) is 0 Å². The van der Waals surface area contributed by atoms with E-state index in [4.69, 9.17) is 5.11 Å². The molecule has 0 fully saturated rings. The lowest BCUT2D eigenvalue weighted by Crippen LogP contribution is -2.26. The zero-order chi connectivity index (χ0) is 15.3. The summed E-state index contributed by atoms with van der Waals surface area (Å²) in [6.45, 7) is 6.88. The molecule has 0 unspecified atom stereocenters. The number of hydrogen-bond acceptors (Lipinski definition) is 2. The maximum absolute atomic E-state index is 9.15. The van der Waals surface area contributed by atoms with Gasteiger partial charge in [-0.25, -0.2) is 0 Å². The van der Waals surface area contributed by atoms with E-state index in [-0.39, 0.29) is 6.61 Å². The molecule has 2 nitrogen and oxygen atoms in total. The quantitative estimate of drug-likeness (QED) is 0.864. The third kappa shape index (κ3) is 7.64. The average molecular weight is 285 g/mol. The Morgan fingerprint density at radius 2 is 1.14 bits per heavy atom. The fraction of sp³-hybridized carbons (Fsp3) is 0.368. The smallest absolute Gasteiger partial charge is 0.0558 e. The van der Waals surface area contributed by atoms with Crippen LogP contribution in [0.1, 0.15) is 31.4 Å². The van der Waals surface area contributed by atoms with Crippen LogP contribution in [0.25, 0.3) is 0 Å². The van der Waals surface area contributed by atoms with Crippen molar-refractivity contribution >= 4 is 0 Å². The lowest BCUT2D eigenvalue weighted by Gasteiger charge is -2.21.